The molecule has 0 unspecified atom stereocenters. The molecule has 2 aromatic rings. The molecular weight excluding hydrogens is 182 g/mol. The fourth-order valence-electron chi connectivity index (χ4n) is 0.967. The van der Waals surface area contributed by atoms with Gasteiger partial charge in [-0.1, -0.05) is 5.16 Å². The summed E-state index contributed by atoms with van der Waals surface area (Å²) in [4.78, 5) is 15.3. The highest BCUT2D eigenvalue weighted by Gasteiger charge is 2.05. The number of hydrogen-bond donors (Lipinski definition) is 1. The van der Waals surface area contributed by atoms with Crippen LogP contribution in [0.5, 0.6) is 0 Å². The first kappa shape index (κ1) is 8.43. The molecule has 0 fully saturated rings. The van der Waals surface area contributed by atoms with Crippen LogP contribution in [0.2, 0.25) is 0 Å². The summed E-state index contributed by atoms with van der Waals surface area (Å²) in [6.45, 7) is 0. The standard InChI is InChI=1S/C9H7N3O2/c13-9(7-2-1-3-10-4-7)12-8-5-11-14-6-8/h1-6H,(H,12,13). The highest BCUT2D eigenvalue weighted by molar-refractivity contribution is 6.03. The van der Waals surface area contributed by atoms with E-state index in [1.165, 1.54) is 18.7 Å². The second-order valence-electron chi connectivity index (χ2n) is 2.61. The maximum atomic E-state index is 11.5. The summed E-state index contributed by atoms with van der Waals surface area (Å²) in [5.41, 5.74) is 1.02. The number of anilines is 1. The van der Waals surface area contributed by atoms with Gasteiger partial charge in [0, 0.05) is 12.4 Å². The molecular formula is C9H7N3O2. The van der Waals surface area contributed by atoms with Gasteiger partial charge in [-0.05, 0) is 12.1 Å². The Morgan fingerprint density at radius 3 is 3.00 bits per heavy atom. The lowest BCUT2D eigenvalue weighted by Crippen LogP contribution is -2.11. The van der Waals surface area contributed by atoms with Gasteiger partial charge in [-0.3, -0.25) is 9.78 Å². The second-order valence-corrected chi connectivity index (χ2v) is 2.61. The van der Waals surface area contributed by atoms with Crippen molar-refractivity contribution in [3.05, 3.63) is 42.5 Å². The summed E-state index contributed by atoms with van der Waals surface area (Å²) in [5.74, 6) is -0.235. The molecule has 2 aromatic heterocycles. The molecule has 0 aromatic carbocycles. The molecule has 1 amide bonds. The highest BCUT2D eigenvalue weighted by atomic mass is 16.5. The van der Waals surface area contributed by atoms with E-state index < -0.39 is 0 Å². The summed E-state index contributed by atoms with van der Waals surface area (Å²) in [7, 11) is 0. The van der Waals surface area contributed by atoms with Gasteiger partial charge in [0.1, 0.15) is 12.0 Å². The molecule has 0 bridgehead atoms. The minimum absolute atomic E-state index is 0.235. The highest BCUT2D eigenvalue weighted by Crippen LogP contribution is 2.06. The first-order chi connectivity index (χ1) is 6.86. The van der Waals surface area contributed by atoms with Crippen LogP contribution in [-0.2, 0) is 0 Å². The van der Waals surface area contributed by atoms with Crippen molar-refractivity contribution in [1.82, 2.24) is 10.1 Å². The monoisotopic (exact) mass is 189 g/mol. The van der Waals surface area contributed by atoms with Crippen molar-refractivity contribution < 1.29 is 9.32 Å². The minimum Gasteiger partial charge on any atom is -0.363 e. The molecule has 0 aliphatic rings. The van der Waals surface area contributed by atoms with Gasteiger partial charge in [-0.15, -0.1) is 0 Å². The lowest BCUT2D eigenvalue weighted by Gasteiger charge is -1.99. The molecule has 5 nitrogen and oxygen atoms in total. The zero-order valence-electron chi connectivity index (χ0n) is 7.18. The number of pyridine rings is 1. The Morgan fingerprint density at radius 2 is 2.36 bits per heavy atom. The molecule has 1 N–H and O–H groups in total. The molecule has 0 atom stereocenters. The Balaban J connectivity index is 2.11. The Labute approximate surface area is 79.7 Å². The molecule has 0 spiro atoms. The Kier molecular flexibility index (Phi) is 2.22. The molecule has 0 saturated heterocycles. The zero-order valence-corrected chi connectivity index (χ0v) is 7.18. The topological polar surface area (TPSA) is 68.0 Å². The van der Waals surface area contributed by atoms with Gasteiger partial charge in [0.25, 0.3) is 5.91 Å². The number of nitrogens with zero attached hydrogens (tertiary/aromatic N) is 2. The molecule has 0 radical (unpaired) electrons. The van der Waals surface area contributed by atoms with Crippen molar-refractivity contribution in [2.75, 3.05) is 5.32 Å². The van der Waals surface area contributed by atoms with Gasteiger partial charge in [-0.25, -0.2) is 0 Å². The largest absolute Gasteiger partial charge is 0.363 e. The predicted molar refractivity (Wildman–Crippen MR) is 48.7 cm³/mol. The summed E-state index contributed by atoms with van der Waals surface area (Å²) >= 11 is 0. The quantitative estimate of drug-likeness (QED) is 0.773. The molecule has 0 saturated carbocycles. The normalized spacial score (nSPS) is 9.71. The number of aromatic nitrogens is 2. The van der Waals surface area contributed by atoms with Crippen LogP contribution in [-0.4, -0.2) is 16.0 Å². The summed E-state index contributed by atoms with van der Waals surface area (Å²) < 4.78 is 4.57. The number of hydrogen-bond acceptors (Lipinski definition) is 4. The first-order valence-electron chi connectivity index (χ1n) is 3.97. The third kappa shape index (κ3) is 1.77. The zero-order chi connectivity index (χ0) is 9.80. The first-order valence-corrected chi connectivity index (χ1v) is 3.97. The van der Waals surface area contributed by atoms with Crippen molar-refractivity contribution in [2.45, 2.75) is 0 Å². The number of rotatable bonds is 2. The SMILES string of the molecule is O=C(Nc1cnoc1)c1cccnc1. The van der Waals surface area contributed by atoms with Crippen molar-refractivity contribution in [1.29, 1.82) is 0 Å². The van der Waals surface area contributed by atoms with Gasteiger partial charge in [0.15, 0.2) is 0 Å². The third-order valence-corrected chi connectivity index (χ3v) is 1.61. The van der Waals surface area contributed by atoms with Crippen molar-refractivity contribution >= 4 is 11.6 Å². The minimum atomic E-state index is -0.235. The molecule has 0 aliphatic heterocycles. The lowest BCUT2D eigenvalue weighted by molar-refractivity contribution is 0.102. The maximum Gasteiger partial charge on any atom is 0.257 e. The average Bonchev–Trinajstić information content (AvgIpc) is 2.72. The van der Waals surface area contributed by atoms with Crippen LogP contribution in [0, 0.1) is 0 Å². The van der Waals surface area contributed by atoms with E-state index in [0.29, 0.717) is 11.3 Å². The van der Waals surface area contributed by atoms with Crippen molar-refractivity contribution in [3.63, 3.8) is 0 Å². The van der Waals surface area contributed by atoms with E-state index in [1.54, 1.807) is 18.3 Å². The van der Waals surface area contributed by atoms with Gasteiger partial charge < -0.3 is 9.84 Å². The van der Waals surface area contributed by atoms with Crippen LogP contribution in [0.1, 0.15) is 10.4 Å². The molecule has 70 valence electrons. The Morgan fingerprint density at radius 1 is 1.43 bits per heavy atom. The Hall–Kier alpha value is -2.17. The van der Waals surface area contributed by atoms with E-state index in [2.05, 4.69) is 20.0 Å². The molecule has 0 aliphatic carbocycles. The fraction of sp³-hybridized carbons (Fsp3) is 0. The second kappa shape index (κ2) is 3.69. The van der Waals surface area contributed by atoms with Crippen LogP contribution >= 0.6 is 0 Å². The van der Waals surface area contributed by atoms with E-state index in [9.17, 15) is 4.79 Å². The molecule has 2 rings (SSSR count). The number of amides is 1. The van der Waals surface area contributed by atoms with E-state index in [1.807, 2.05) is 0 Å². The van der Waals surface area contributed by atoms with Crippen LogP contribution in [0.25, 0.3) is 0 Å². The van der Waals surface area contributed by atoms with Crippen molar-refractivity contribution in [2.24, 2.45) is 0 Å². The van der Waals surface area contributed by atoms with Gasteiger partial charge >= 0.3 is 0 Å². The predicted octanol–water partition coefficient (Wildman–Crippen LogP) is 1.32. The summed E-state index contributed by atoms with van der Waals surface area (Å²) in [5, 5.41) is 6.07. The van der Waals surface area contributed by atoms with Crippen LogP contribution < -0.4 is 5.32 Å². The third-order valence-electron chi connectivity index (χ3n) is 1.61. The maximum absolute atomic E-state index is 11.5. The van der Waals surface area contributed by atoms with Crippen LogP contribution in [0.4, 0.5) is 5.69 Å². The van der Waals surface area contributed by atoms with E-state index in [4.69, 9.17) is 0 Å². The number of carbonyl (C=O) groups excluding carboxylic acids is 1. The van der Waals surface area contributed by atoms with E-state index in [0.717, 1.165) is 0 Å². The summed E-state index contributed by atoms with van der Waals surface area (Å²) in [6, 6.07) is 3.37. The van der Waals surface area contributed by atoms with Crippen LogP contribution in [0.3, 0.4) is 0 Å². The van der Waals surface area contributed by atoms with E-state index >= 15 is 0 Å². The lowest BCUT2D eigenvalue weighted by atomic mass is 10.3. The van der Waals surface area contributed by atoms with Crippen molar-refractivity contribution in [3.8, 4) is 0 Å². The van der Waals surface area contributed by atoms with Gasteiger partial charge in [0.05, 0.1) is 11.8 Å². The van der Waals surface area contributed by atoms with Gasteiger partial charge in [-0.2, -0.15) is 0 Å². The number of carbonyl (C=O) groups is 1. The average molecular weight is 189 g/mol. The summed E-state index contributed by atoms with van der Waals surface area (Å²) in [6.07, 6.45) is 5.88. The smallest absolute Gasteiger partial charge is 0.257 e. The Bertz CT molecular complexity index is 411. The molecule has 5 heteroatoms. The van der Waals surface area contributed by atoms with Gasteiger partial charge in [0.2, 0.25) is 0 Å². The molecule has 2 heterocycles. The van der Waals surface area contributed by atoms with Crippen LogP contribution in [0.15, 0.2) is 41.5 Å². The van der Waals surface area contributed by atoms with E-state index in [-0.39, 0.29) is 5.91 Å². The number of nitrogens with one attached hydrogen (secondary N) is 1. The fourth-order valence-corrected chi connectivity index (χ4v) is 0.967. The molecule has 14 heavy (non-hydrogen) atoms.